The zero-order chi connectivity index (χ0) is 23.0. The third-order valence-electron chi connectivity index (χ3n) is 5.19. The predicted octanol–water partition coefficient (Wildman–Crippen LogP) is 4.09. The summed E-state index contributed by atoms with van der Waals surface area (Å²) in [5, 5.41) is 0. The molecule has 2 aliphatic rings. The van der Waals surface area contributed by atoms with E-state index in [9.17, 15) is 14.4 Å². The number of likely N-dealkylation sites (tertiary alicyclic amines) is 1. The Labute approximate surface area is 187 Å². The maximum atomic E-state index is 15.1. The van der Waals surface area contributed by atoms with Crippen molar-refractivity contribution in [2.24, 2.45) is 11.8 Å². The number of amides is 3. The van der Waals surface area contributed by atoms with E-state index < -0.39 is 48.0 Å². The number of halogens is 3. The van der Waals surface area contributed by atoms with E-state index in [4.69, 9.17) is 9.47 Å². The molecule has 0 saturated carbocycles. The number of cyclic esters (lactones) is 1. The molecular weight excluding hydrogens is 478 g/mol. The van der Waals surface area contributed by atoms with E-state index in [1.807, 2.05) is 0 Å². The molecule has 170 valence electrons. The summed E-state index contributed by atoms with van der Waals surface area (Å²) in [5.41, 5.74) is -0.179. The quantitative estimate of drug-likeness (QED) is 0.619. The molecule has 0 N–H and O–H groups in total. The first kappa shape index (κ1) is 23.4. The molecule has 2 saturated heterocycles. The molecule has 1 aromatic carbocycles. The lowest BCUT2D eigenvalue weighted by atomic mass is 9.83. The smallest absolute Gasteiger partial charge is 0.416 e. The molecule has 0 aliphatic carbocycles. The molecule has 2 atom stereocenters. The third-order valence-corrected chi connectivity index (χ3v) is 5.68. The standard InChI is InChI=1S/C21H25BrF2N2O5/c1-20(2,3)31-18(28)25-11-16(21(23,24)12-25)15(10-13-5-4-6-14(22)9-13)17(27)26-7-8-30-19(26)29/h4-6,9,15-16H,7-8,10-12H2,1-3H3. The number of hydrogen-bond donors (Lipinski definition) is 0. The molecule has 10 heteroatoms. The van der Waals surface area contributed by atoms with Gasteiger partial charge in [0.25, 0.3) is 5.92 Å². The second-order valence-electron chi connectivity index (χ2n) is 8.77. The van der Waals surface area contributed by atoms with Crippen molar-refractivity contribution in [3.8, 4) is 0 Å². The molecule has 0 bridgehead atoms. The first-order valence-electron chi connectivity index (χ1n) is 9.96. The van der Waals surface area contributed by atoms with Crippen molar-refractivity contribution >= 4 is 34.0 Å². The van der Waals surface area contributed by atoms with Crippen LogP contribution in [-0.4, -0.2) is 65.7 Å². The van der Waals surface area contributed by atoms with Crippen LogP contribution in [-0.2, 0) is 20.7 Å². The van der Waals surface area contributed by atoms with Gasteiger partial charge in [0.2, 0.25) is 5.91 Å². The van der Waals surface area contributed by atoms with Crippen molar-refractivity contribution in [2.45, 2.75) is 38.7 Å². The van der Waals surface area contributed by atoms with Gasteiger partial charge < -0.3 is 14.4 Å². The van der Waals surface area contributed by atoms with Gasteiger partial charge in [0.05, 0.1) is 24.9 Å². The van der Waals surface area contributed by atoms with Gasteiger partial charge in [-0.2, -0.15) is 0 Å². The first-order chi connectivity index (χ1) is 14.4. The van der Waals surface area contributed by atoms with E-state index in [1.165, 1.54) is 0 Å². The number of carbonyl (C=O) groups is 3. The summed E-state index contributed by atoms with van der Waals surface area (Å²) in [7, 11) is 0. The molecule has 2 aliphatic heterocycles. The Morgan fingerprint density at radius 2 is 2.06 bits per heavy atom. The van der Waals surface area contributed by atoms with Gasteiger partial charge >= 0.3 is 12.2 Å². The fourth-order valence-corrected chi connectivity index (χ4v) is 4.25. The number of carbonyl (C=O) groups excluding carboxylic acids is 3. The SMILES string of the molecule is CC(C)(C)OC(=O)N1CC(C(Cc2cccc(Br)c2)C(=O)N2CCOC2=O)C(F)(F)C1. The maximum Gasteiger partial charge on any atom is 0.416 e. The summed E-state index contributed by atoms with van der Waals surface area (Å²) < 4.78 is 41.0. The highest BCUT2D eigenvalue weighted by Crippen LogP contribution is 2.41. The van der Waals surface area contributed by atoms with E-state index in [0.29, 0.717) is 5.56 Å². The minimum atomic E-state index is -3.33. The molecule has 0 aromatic heterocycles. The van der Waals surface area contributed by atoms with Crippen LogP contribution < -0.4 is 0 Å². The highest BCUT2D eigenvalue weighted by atomic mass is 79.9. The van der Waals surface area contributed by atoms with Crippen LogP contribution in [0.15, 0.2) is 28.7 Å². The van der Waals surface area contributed by atoms with E-state index in [-0.39, 0.29) is 26.1 Å². The minimum absolute atomic E-state index is 0.00946. The molecular formula is C21H25BrF2N2O5. The number of rotatable bonds is 4. The summed E-state index contributed by atoms with van der Waals surface area (Å²) in [6.45, 7) is 3.79. The molecule has 1 aromatic rings. The van der Waals surface area contributed by atoms with Gasteiger partial charge in [-0.3, -0.25) is 4.79 Å². The highest BCUT2D eigenvalue weighted by Gasteiger charge is 2.56. The summed E-state index contributed by atoms with van der Waals surface area (Å²) in [4.78, 5) is 39.3. The zero-order valence-electron chi connectivity index (χ0n) is 17.6. The third kappa shape index (κ3) is 5.53. The number of nitrogens with zero attached hydrogens (tertiary/aromatic N) is 2. The highest BCUT2D eigenvalue weighted by molar-refractivity contribution is 9.10. The van der Waals surface area contributed by atoms with Crippen molar-refractivity contribution in [3.05, 3.63) is 34.3 Å². The molecule has 7 nitrogen and oxygen atoms in total. The van der Waals surface area contributed by atoms with Crippen LogP contribution in [0, 0.1) is 11.8 Å². The summed E-state index contributed by atoms with van der Waals surface area (Å²) in [6, 6.07) is 6.99. The van der Waals surface area contributed by atoms with Crippen LogP contribution in [0.5, 0.6) is 0 Å². The Bertz CT molecular complexity index is 874. The number of hydrogen-bond acceptors (Lipinski definition) is 5. The van der Waals surface area contributed by atoms with E-state index in [2.05, 4.69) is 15.9 Å². The Hall–Kier alpha value is -2.23. The summed E-state index contributed by atoms with van der Waals surface area (Å²) in [5.74, 6) is -6.74. The van der Waals surface area contributed by atoms with Gasteiger partial charge in [-0.15, -0.1) is 0 Å². The fourth-order valence-electron chi connectivity index (χ4n) is 3.81. The lowest BCUT2D eigenvalue weighted by Crippen LogP contribution is -2.45. The average Bonchev–Trinajstić information content (AvgIpc) is 3.20. The average molecular weight is 503 g/mol. The molecule has 0 spiro atoms. The van der Waals surface area contributed by atoms with Crippen LogP contribution in [0.2, 0.25) is 0 Å². The van der Waals surface area contributed by atoms with Crippen LogP contribution in [0.3, 0.4) is 0 Å². The predicted molar refractivity (Wildman–Crippen MR) is 111 cm³/mol. The summed E-state index contributed by atoms with van der Waals surface area (Å²) >= 11 is 3.34. The van der Waals surface area contributed by atoms with Gasteiger partial charge in [-0.25, -0.2) is 23.3 Å². The second kappa shape index (κ2) is 8.72. The van der Waals surface area contributed by atoms with Crippen LogP contribution in [0.1, 0.15) is 26.3 Å². The van der Waals surface area contributed by atoms with Gasteiger partial charge in [-0.05, 0) is 44.9 Å². The van der Waals surface area contributed by atoms with E-state index >= 15 is 8.78 Å². The lowest BCUT2D eigenvalue weighted by Gasteiger charge is -2.28. The van der Waals surface area contributed by atoms with Crippen molar-refractivity contribution in [3.63, 3.8) is 0 Å². The molecule has 31 heavy (non-hydrogen) atoms. The molecule has 0 radical (unpaired) electrons. The molecule has 2 fully saturated rings. The Kier molecular flexibility index (Phi) is 6.59. The summed E-state index contributed by atoms with van der Waals surface area (Å²) in [6.07, 6.45) is -1.71. The minimum Gasteiger partial charge on any atom is -0.447 e. The monoisotopic (exact) mass is 502 g/mol. The van der Waals surface area contributed by atoms with Gasteiger partial charge in [0, 0.05) is 11.0 Å². The molecule has 2 unspecified atom stereocenters. The van der Waals surface area contributed by atoms with Crippen molar-refractivity contribution in [1.82, 2.24) is 9.80 Å². The van der Waals surface area contributed by atoms with Crippen molar-refractivity contribution in [1.29, 1.82) is 0 Å². The number of imide groups is 1. The van der Waals surface area contributed by atoms with Gasteiger partial charge in [-0.1, -0.05) is 28.1 Å². The first-order valence-corrected chi connectivity index (χ1v) is 10.7. The second-order valence-corrected chi connectivity index (χ2v) is 9.69. The van der Waals surface area contributed by atoms with Crippen molar-refractivity contribution < 1.29 is 32.6 Å². The number of ether oxygens (including phenoxy) is 2. The number of benzene rings is 1. The van der Waals surface area contributed by atoms with Crippen LogP contribution in [0.4, 0.5) is 18.4 Å². The Morgan fingerprint density at radius 3 is 2.65 bits per heavy atom. The van der Waals surface area contributed by atoms with Crippen molar-refractivity contribution in [2.75, 3.05) is 26.2 Å². The normalized spacial score (nSPS) is 21.7. The van der Waals surface area contributed by atoms with Gasteiger partial charge in [0.15, 0.2) is 0 Å². The van der Waals surface area contributed by atoms with Crippen LogP contribution in [0.25, 0.3) is 0 Å². The lowest BCUT2D eigenvalue weighted by molar-refractivity contribution is -0.139. The molecule has 3 amide bonds. The Balaban J connectivity index is 1.89. The zero-order valence-corrected chi connectivity index (χ0v) is 19.2. The van der Waals surface area contributed by atoms with Crippen LogP contribution >= 0.6 is 15.9 Å². The fraction of sp³-hybridized carbons (Fsp3) is 0.571. The van der Waals surface area contributed by atoms with E-state index in [1.54, 1.807) is 45.0 Å². The topological polar surface area (TPSA) is 76.2 Å². The van der Waals surface area contributed by atoms with E-state index in [0.717, 1.165) is 14.3 Å². The maximum absolute atomic E-state index is 15.1. The van der Waals surface area contributed by atoms with Gasteiger partial charge in [0.1, 0.15) is 12.2 Å². The number of alkyl halides is 2. The Morgan fingerprint density at radius 1 is 1.35 bits per heavy atom. The molecule has 3 rings (SSSR count). The molecule has 2 heterocycles. The largest absolute Gasteiger partial charge is 0.447 e.